The zero-order valence-electron chi connectivity index (χ0n) is 11.5. The van der Waals surface area contributed by atoms with Crippen molar-refractivity contribution in [1.29, 1.82) is 0 Å². The molecule has 0 atom stereocenters. The Bertz CT molecular complexity index is 613. The molecule has 0 saturated heterocycles. The Labute approximate surface area is 115 Å². The zero-order valence-corrected chi connectivity index (χ0v) is 11.5. The predicted octanol–water partition coefficient (Wildman–Crippen LogP) is 2.36. The highest BCUT2D eigenvalue weighted by Crippen LogP contribution is 2.25. The number of esters is 1. The molecule has 106 valence electrons. The summed E-state index contributed by atoms with van der Waals surface area (Å²) in [5.74, 6) is 0.348. The molecule has 0 aliphatic carbocycles. The quantitative estimate of drug-likeness (QED) is 0.864. The maximum absolute atomic E-state index is 11.3. The number of aromatic nitrogens is 1. The van der Waals surface area contributed by atoms with Crippen molar-refractivity contribution in [3.05, 3.63) is 40.8 Å². The Hall–Kier alpha value is -2.50. The number of aryl methyl sites for hydroxylation is 2. The summed E-state index contributed by atoms with van der Waals surface area (Å²) >= 11 is 0. The van der Waals surface area contributed by atoms with Crippen LogP contribution in [0.25, 0.3) is 0 Å². The first-order valence-electron chi connectivity index (χ1n) is 5.98. The van der Waals surface area contributed by atoms with Gasteiger partial charge in [0, 0.05) is 6.07 Å². The van der Waals surface area contributed by atoms with Crippen LogP contribution in [0, 0.1) is 13.8 Å². The summed E-state index contributed by atoms with van der Waals surface area (Å²) in [6.07, 6.45) is 0. The molecule has 0 fully saturated rings. The maximum atomic E-state index is 11.3. The van der Waals surface area contributed by atoms with E-state index in [9.17, 15) is 9.90 Å². The molecule has 0 bridgehead atoms. The van der Waals surface area contributed by atoms with Crippen molar-refractivity contribution < 1.29 is 23.9 Å². The minimum atomic E-state index is -0.597. The van der Waals surface area contributed by atoms with Gasteiger partial charge in [0.15, 0.2) is 0 Å². The van der Waals surface area contributed by atoms with Crippen LogP contribution in [0.5, 0.6) is 11.5 Å². The Morgan fingerprint density at radius 3 is 2.70 bits per heavy atom. The molecule has 0 amide bonds. The molecule has 1 N–H and O–H groups in total. The number of hydrogen-bond donors (Lipinski definition) is 1. The fraction of sp³-hybridized carbons (Fsp3) is 0.286. The Morgan fingerprint density at radius 2 is 2.15 bits per heavy atom. The number of benzene rings is 1. The zero-order chi connectivity index (χ0) is 14.7. The van der Waals surface area contributed by atoms with Crippen LogP contribution >= 0.6 is 0 Å². The van der Waals surface area contributed by atoms with Crippen LogP contribution in [0.1, 0.15) is 27.4 Å². The van der Waals surface area contributed by atoms with Crippen LogP contribution < -0.4 is 4.74 Å². The molecule has 6 nitrogen and oxygen atoms in total. The van der Waals surface area contributed by atoms with Crippen LogP contribution in [-0.4, -0.2) is 23.3 Å². The Kier molecular flexibility index (Phi) is 3.93. The van der Waals surface area contributed by atoms with Crippen molar-refractivity contribution in [2.45, 2.75) is 20.5 Å². The second-order valence-electron chi connectivity index (χ2n) is 4.26. The minimum absolute atomic E-state index is 0.0946. The van der Waals surface area contributed by atoms with Crippen molar-refractivity contribution in [2.75, 3.05) is 7.11 Å². The van der Waals surface area contributed by atoms with E-state index >= 15 is 0 Å². The van der Waals surface area contributed by atoms with Gasteiger partial charge in [-0.25, -0.2) is 4.79 Å². The van der Waals surface area contributed by atoms with Crippen LogP contribution in [0.2, 0.25) is 0 Å². The van der Waals surface area contributed by atoms with E-state index < -0.39 is 5.97 Å². The van der Waals surface area contributed by atoms with Crippen molar-refractivity contribution in [1.82, 2.24) is 5.16 Å². The minimum Gasteiger partial charge on any atom is -0.507 e. The smallest absolute Gasteiger partial charge is 0.341 e. The van der Waals surface area contributed by atoms with Gasteiger partial charge in [0.25, 0.3) is 0 Å². The number of phenols is 1. The van der Waals surface area contributed by atoms with Gasteiger partial charge in [-0.1, -0.05) is 5.16 Å². The van der Waals surface area contributed by atoms with Gasteiger partial charge in [-0.15, -0.1) is 0 Å². The number of carbonyl (C=O) groups excluding carboxylic acids is 1. The van der Waals surface area contributed by atoms with Gasteiger partial charge in [-0.05, 0) is 26.0 Å². The number of nitrogens with zero attached hydrogens (tertiary/aromatic N) is 1. The number of carbonyl (C=O) groups is 1. The molecule has 1 heterocycles. The normalized spacial score (nSPS) is 10.3. The van der Waals surface area contributed by atoms with E-state index in [-0.39, 0.29) is 17.9 Å². The van der Waals surface area contributed by atoms with Gasteiger partial charge in [0.1, 0.15) is 29.4 Å². The predicted molar refractivity (Wildman–Crippen MR) is 69.8 cm³/mol. The third kappa shape index (κ3) is 2.74. The molecular formula is C14H15NO5. The number of phenolic OH excluding ortho intramolecular Hbond substituents is 1. The number of rotatable bonds is 4. The number of aromatic hydroxyl groups is 1. The van der Waals surface area contributed by atoms with Crippen molar-refractivity contribution in [3.8, 4) is 11.5 Å². The molecule has 1 aromatic heterocycles. The summed E-state index contributed by atoms with van der Waals surface area (Å²) in [5, 5.41) is 13.6. The lowest BCUT2D eigenvalue weighted by molar-refractivity contribution is 0.0597. The van der Waals surface area contributed by atoms with Gasteiger partial charge < -0.3 is 19.1 Å². The standard InChI is InChI=1S/C14H15NO5/c1-8-12(9(2)20-15-8)7-19-10-4-5-11(13(16)6-10)14(17)18-3/h4-6,16H,7H2,1-3H3. The van der Waals surface area contributed by atoms with Crippen LogP contribution in [0.15, 0.2) is 22.7 Å². The van der Waals surface area contributed by atoms with Crippen LogP contribution in [0.3, 0.4) is 0 Å². The third-order valence-corrected chi connectivity index (χ3v) is 2.94. The average Bonchev–Trinajstić information content (AvgIpc) is 2.75. The van der Waals surface area contributed by atoms with E-state index in [0.29, 0.717) is 11.5 Å². The van der Waals surface area contributed by atoms with Gasteiger partial charge in [0.2, 0.25) is 0 Å². The summed E-state index contributed by atoms with van der Waals surface area (Å²) < 4.78 is 15.1. The van der Waals surface area contributed by atoms with E-state index in [1.807, 2.05) is 6.92 Å². The number of hydrogen-bond acceptors (Lipinski definition) is 6. The first-order chi connectivity index (χ1) is 9.52. The van der Waals surface area contributed by atoms with Crippen molar-refractivity contribution in [3.63, 3.8) is 0 Å². The SMILES string of the molecule is COC(=O)c1ccc(OCc2c(C)noc2C)cc1O. The second kappa shape index (κ2) is 5.64. The lowest BCUT2D eigenvalue weighted by Gasteiger charge is -2.08. The van der Waals surface area contributed by atoms with Gasteiger partial charge in [-0.3, -0.25) is 0 Å². The van der Waals surface area contributed by atoms with Crippen LogP contribution in [0.4, 0.5) is 0 Å². The molecule has 0 saturated carbocycles. The van der Waals surface area contributed by atoms with E-state index in [1.54, 1.807) is 13.0 Å². The van der Waals surface area contributed by atoms with Gasteiger partial charge in [-0.2, -0.15) is 0 Å². The summed E-state index contributed by atoms with van der Waals surface area (Å²) in [4.78, 5) is 11.3. The van der Waals surface area contributed by atoms with E-state index in [0.717, 1.165) is 11.3 Å². The highest BCUT2D eigenvalue weighted by atomic mass is 16.5. The topological polar surface area (TPSA) is 81.8 Å². The van der Waals surface area contributed by atoms with E-state index in [1.165, 1.54) is 19.2 Å². The first kappa shape index (κ1) is 13.9. The molecule has 20 heavy (non-hydrogen) atoms. The van der Waals surface area contributed by atoms with Gasteiger partial charge >= 0.3 is 5.97 Å². The Morgan fingerprint density at radius 1 is 1.40 bits per heavy atom. The van der Waals surface area contributed by atoms with E-state index in [2.05, 4.69) is 9.89 Å². The summed E-state index contributed by atoms with van der Waals surface area (Å²) in [7, 11) is 1.25. The van der Waals surface area contributed by atoms with E-state index in [4.69, 9.17) is 9.26 Å². The van der Waals surface area contributed by atoms with Crippen molar-refractivity contribution in [2.24, 2.45) is 0 Å². The molecule has 0 aliphatic heterocycles. The first-order valence-corrected chi connectivity index (χ1v) is 5.98. The highest BCUT2D eigenvalue weighted by molar-refractivity contribution is 5.92. The Balaban J connectivity index is 2.11. The molecule has 2 aromatic rings. The molecule has 6 heteroatoms. The summed E-state index contributed by atoms with van der Waals surface area (Å²) in [6, 6.07) is 4.40. The summed E-state index contributed by atoms with van der Waals surface area (Å²) in [6.45, 7) is 3.90. The highest BCUT2D eigenvalue weighted by Gasteiger charge is 2.13. The fourth-order valence-corrected chi connectivity index (χ4v) is 1.75. The van der Waals surface area contributed by atoms with Gasteiger partial charge in [0.05, 0.1) is 18.4 Å². The largest absolute Gasteiger partial charge is 0.507 e. The monoisotopic (exact) mass is 277 g/mol. The average molecular weight is 277 g/mol. The molecule has 0 aliphatic rings. The fourth-order valence-electron chi connectivity index (χ4n) is 1.75. The van der Waals surface area contributed by atoms with Crippen LogP contribution in [-0.2, 0) is 11.3 Å². The number of methoxy groups -OCH3 is 1. The third-order valence-electron chi connectivity index (χ3n) is 2.94. The molecule has 0 unspecified atom stereocenters. The number of ether oxygens (including phenoxy) is 2. The molecule has 2 rings (SSSR count). The molecule has 1 aromatic carbocycles. The molecule has 0 spiro atoms. The van der Waals surface area contributed by atoms with Crippen molar-refractivity contribution >= 4 is 5.97 Å². The summed E-state index contributed by atoms with van der Waals surface area (Å²) in [5.41, 5.74) is 1.72. The molecular weight excluding hydrogens is 262 g/mol. The molecule has 0 radical (unpaired) electrons. The second-order valence-corrected chi connectivity index (χ2v) is 4.26. The maximum Gasteiger partial charge on any atom is 0.341 e. The lowest BCUT2D eigenvalue weighted by Crippen LogP contribution is -2.02. The lowest BCUT2D eigenvalue weighted by atomic mass is 10.2.